The Kier molecular flexibility index (Phi) is 10.8. The van der Waals surface area contributed by atoms with Gasteiger partial charge in [-0.2, -0.15) is 5.10 Å². The van der Waals surface area contributed by atoms with Gasteiger partial charge in [-0.15, -0.1) is 0 Å². The third-order valence-electron chi connectivity index (χ3n) is 7.41. The van der Waals surface area contributed by atoms with Crippen LogP contribution in [-0.2, 0) is 34.2 Å². The van der Waals surface area contributed by atoms with Crippen molar-refractivity contribution in [2.24, 2.45) is 7.05 Å². The Morgan fingerprint density at radius 2 is 1.93 bits per heavy atom. The number of benzene rings is 1. The van der Waals surface area contributed by atoms with Crippen molar-refractivity contribution in [2.75, 3.05) is 43.4 Å². The highest BCUT2D eigenvalue weighted by molar-refractivity contribution is 5.92. The molecular weight excluding hydrogens is 530 g/mol. The maximum absolute atomic E-state index is 13.3. The second-order valence-electron chi connectivity index (χ2n) is 12.1. The number of hydrogen-bond donors (Lipinski definition) is 3. The molecule has 42 heavy (non-hydrogen) atoms. The summed E-state index contributed by atoms with van der Waals surface area (Å²) in [5, 5.41) is 15.3. The van der Waals surface area contributed by atoms with E-state index in [1.54, 1.807) is 0 Å². The zero-order valence-corrected chi connectivity index (χ0v) is 25.8. The molecule has 3 heterocycles. The van der Waals surface area contributed by atoms with Gasteiger partial charge in [0.2, 0.25) is 5.91 Å². The number of nitrogens with zero attached hydrogens (tertiary/aromatic N) is 4. The van der Waals surface area contributed by atoms with Crippen molar-refractivity contribution in [1.29, 1.82) is 0 Å². The van der Waals surface area contributed by atoms with Crippen molar-refractivity contribution in [3.63, 3.8) is 0 Å². The van der Waals surface area contributed by atoms with E-state index in [0.717, 1.165) is 67.6 Å². The van der Waals surface area contributed by atoms with Crippen LogP contribution in [-0.4, -0.2) is 75.9 Å². The fourth-order valence-electron chi connectivity index (χ4n) is 5.29. The van der Waals surface area contributed by atoms with Gasteiger partial charge in [0.25, 0.3) is 0 Å². The van der Waals surface area contributed by atoms with Gasteiger partial charge in [-0.05, 0) is 89.6 Å². The van der Waals surface area contributed by atoms with E-state index in [-0.39, 0.29) is 11.9 Å². The fraction of sp³-hybridized carbons (Fsp3) is 0.562. The van der Waals surface area contributed by atoms with Crippen molar-refractivity contribution in [3.8, 4) is 0 Å². The van der Waals surface area contributed by atoms with Gasteiger partial charge >= 0.3 is 5.97 Å². The van der Waals surface area contributed by atoms with Crippen LogP contribution in [0.25, 0.3) is 10.9 Å². The van der Waals surface area contributed by atoms with Gasteiger partial charge in [0.1, 0.15) is 17.5 Å². The number of hydrogen-bond acceptors (Lipinski definition) is 8. The van der Waals surface area contributed by atoms with Crippen LogP contribution in [0.3, 0.4) is 0 Å². The van der Waals surface area contributed by atoms with Crippen LogP contribution >= 0.6 is 0 Å². The number of amides is 1. The highest BCUT2D eigenvalue weighted by Crippen LogP contribution is 2.24. The second kappa shape index (κ2) is 14.5. The zero-order chi connectivity index (χ0) is 30.1. The van der Waals surface area contributed by atoms with Gasteiger partial charge in [0, 0.05) is 51.2 Å². The maximum atomic E-state index is 13.3. The monoisotopic (exact) mass is 577 g/mol. The summed E-state index contributed by atoms with van der Waals surface area (Å²) in [6, 6.07) is 11.7. The summed E-state index contributed by atoms with van der Waals surface area (Å²) in [5.41, 5.74) is 2.81. The first-order valence-corrected chi connectivity index (χ1v) is 15.2. The molecule has 1 amide bonds. The number of fused-ring (bicyclic) bond motifs is 2. The summed E-state index contributed by atoms with van der Waals surface area (Å²) in [7, 11) is 1.90. The van der Waals surface area contributed by atoms with E-state index < -0.39 is 11.6 Å². The number of para-hydroxylation sites is 1. The van der Waals surface area contributed by atoms with Crippen LogP contribution in [0.15, 0.2) is 36.4 Å². The molecule has 0 saturated heterocycles. The van der Waals surface area contributed by atoms with Crippen molar-refractivity contribution in [2.45, 2.75) is 77.9 Å². The summed E-state index contributed by atoms with van der Waals surface area (Å²) in [5.74, 6) is 1.36. The number of carbonyl (C=O) groups excluding carboxylic acids is 2. The van der Waals surface area contributed by atoms with E-state index in [2.05, 4.69) is 38.1 Å². The lowest BCUT2D eigenvalue weighted by Crippen LogP contribution is -2.41. The van der Waals surface area contributed by atoms with Gasteiger partial charge in [0.15, 0.2) is 5.82 Å². The Morgan fingerprint density at radius 1 is 1.12 bits per heavy atom. The largest absolute Gasteiger partial charge is 0.458 e. The molecule has 1 aromatic carbocycles. The number of aryl methyl sites for hydroxylation is 3. The topological polar surface area (TPSA) is 113 Å². The molecule has 1 unspecified atom stereocenters. The van der Waals surface area contributed by atoms with Crippen molar-refractivity contribution in [1.82, 2.24) is 25.0 Å². The number of anilines is 2. The van der Waals surface area contributed by atoms with E-state index >= 15 is 0 Å². The van der Waals surface area contributed by atoms with E-state index in [1.807, 2.05) is 56.8 Å². The molecule has 0 fully saturated rings. The molecule has 10 nitrogen and oxygen atoms in total. The molecule has 3 N–H and O–H groups in total. The number of pyridine rings is 1. The van der Waals surface area contributed by atoms with Crippen molar-refractivity contribution in [3.05, 3.63) is 47.7 Å². The van der Waals surface area contributed by atoms with Crippen molar-refractivity contribution >= 4 is 34.4 Å². The molecule has 1 aliphatic heterocycles. The summed E-state index contributed by atoms with van der Waals surface area (Å²) in [6.45, 7) is 10.9. The molecule has 10 heteroatoms. The van der Waals surface area contributed by atoms with Gasteiger partial charge in [-0.25, -0.2) is 9.78 Å². The predicted molar refractivity (Wildman–Crippen MR) is 168 cm³/mol. The molecule has 228 valence electrons. The molecule has 2 aromatic heterocycles. The number of ether oxygens (including phenoxy) is 1. The first-order chi connectivity index (χ1) is 20.1. The van der Waals surface area contributed by atoms with Crippen LogP contribution < -0.4 is 16.0 Å². The Labute approximate surface area is 249 Å². The maximum Gasteiger partial charge on any atom is 0.329 e. The fourth-order valence-corrected chi connectivity index (χ4v) is 5.29. The third-order valence-corrected chi connectivity index (χ3v) is 7.41. The van der Waals surface area contributed by atoms with E-state index in [0.29, 0.717) is 31.9 Å². The predicted octanol–water partition coefficient (Wildman–Crippen LogP) is 4.30. The molecule has 0 spiro atoms. The number of unbranched alkanes of at least 4 members (excludes halogenated alkanes) is 1. The average Bonchev–Trinajstić information content (AvgIpc) is 3.26. The number of esters is 1. The first kappa shape index (κ1) is 31.3. The van der Waals surface area contributed by atoms with Gasteiger partial charge in [0.05, 0.1) is 5.52 Å². The number of rotatable bonds is 14. The first-order valence-electron chi connectivity index (χ1n) is 15.2. The standard InChI is InChI=1S/C32H47N7O3/c1-23(40)33-19-22-39(20-9-8-12-25-16-15-24-11-10-18-34-29(24)35-25)21-17-27(31(41)42-32(2,3)4)36-30-26-13-6-7-14-28(26)38(5)37-30/h6-7,13-16,27H,8-12,17-22H2,1-5H3,(H,33,40)(H,34,35)(H,36,37). The quantitative estimate of drug-likeness (QED) is 0.192. The minimum absolute atomic E-state index is 0.0441. The van der Waals surface area contributed by atoms with E-state index in [4.69, 9.17) is 9.72 Å². The van der Waals surface area contributed by atoms with E-state index in [1.165, 1.54) is 12.5 Å². The zero-order valence-electron chi connectivity index (χ0n) is 25.8. The lowest BCUT2D eigenvalue weighted by molar-refractivity contribution is -0.156. The van der Waals surface area contributed by atoms with Crippen LogP contribution in [0, 0.1) is 0 Å². The Balaban J connectivity index is 1.39. The molecule has 0 radical (unpaired) electrons. The number of aromatic nitrogens is 3. The third kappa shape index (κ3) is 9.17. The Bertz CT molecular complexity index is 1350. The molecule has 1 aliphatic rings. The summed E-state index contributed by atoms with van der Waals surface area (Å²) < 4.78 is 7.62. The lowest BCUT2D eigenvalue weighted by Gasteiger charge is -2.27. The normalized spacial score (nSPS) is 13.9. The molecule has 4 rings (SSSR count). The highest BCUT2D eigenvalue weighted by Gasteiger charge is 2.27. The van der Waals surface area contributed by atoms with Gasteiger partial charge < -0.3 is 25.6 Å². The lowest BCUT2D eigenvalue weighted by atomic mass is 10.1. The van der Waals surface area contributed by atoms with Gasteiger partial charge in [-0.1, -0.05) is 18.2 Å². The minimum Gasteiger partial charge on any atom is -0.458 e. The van der Waals surface area contributed by atoms with Crippen molar-refractivity contribution < 1.29 is 14.3 Å². The summed E-state index contributed by atoms with van der Waals surface area (Å²) >= 11 is 0. The molecular formula is C32H47N7O3. The van der Waals surface area contributed by atoms with E-state index in [9.17, 15) is 9.59 Å². The van der Waals surface area contributed by atoms with Crippen LogP contribution in [0.4, 0.5) is 11.6 Å². The molecule has 0 bridgehead atoms. The Morgan fingerprint density at radius 3 is 2.71 bits per heavy atom. The second-order valence-corrected chi connectivity index (χ2v) is 12.1. The summed E-state index contributed by atoms with van der Waals surface area (Å²) in [6.07, 6.45) is 5.71. The SMILES string of the molecule is CC(=O)NCCN(CCCCc1ccc2c(n1)NCCC2)CCC(Nc1nn(C)c2ccccc12)C(=O)OC(C)(C)C. The van der Waals surface area contributed by atoms with Crippen LogP contribution in [0.5, 0.6) is 0 Å². The smallest absolute Gasteiger partial charge is 0.329 e. The van der Waals surface area contributed by atoms with Crippen LogP contribution in [0.2, 0.25) is 0 Å². The van der Waals surface area contributed by atoms with Gasteiger partial charge in [-0.3, -0.25) is 9.48 Å². The van der Waals surface area contributed by atoms with Crippen LogP contribution in [0.1, 0.15) is 64.6 Å². The minimum atomic E-state index is -0.603. The summed E-state index contributed by atoms with van der Waals surface area (Å²) in [4.78, 5) is 32.0. The number of carbonyl (C=O) groups is 2. The Hall–Kier alpha value is -3.66. The number of nitrogens with one attached hydrogen (secondary N) is 3. The average molecular weight is 578 g/mol. The molecule has 3 aromatic rings. The molecule has 1 atom stereocenters. The molecule has 0 saturated carbocycles. The molecule has 0 aliphatic carbocycles. The highest BCUT2D eigenvalue weighted by atomic mass is 16.6.